The van der Waals surface area contributed by atoms with Crippen molar-refractivity contribution in [3.63, 3.8) is 0 Å². The fourth-order valence-electron chi connectivity index (χ4n) is 3.18. The average molecular weight is 347 g/mol. The monoisotopic (exact) mass is 347 g/mol. The average Bonchev–Trinajstić information content (AvgIpc) is 2.68. The van der Waals surface area contributed by atoms with Crippen molar-refractivity contribution >= 4 is 5.82 Å². The highest BCUT2D eigenvalue weighted by atomic mass is 16.5. The molecule has 1 aliphatic heterocycles. The van der Waals surface area contributed by atoms with Crippen LogP contribution in [0.1, 0.15) is 18.2 Å². The number of benzene rings is 1. The molecule has 6 heteroatoms. The van der Waals surface area contributed by atoms with E-state index in [4.69, 9.17) is 11.2 Å². The molecule has 6 nitrogen and oxygen atoms in total. The number of piperazine rings is 1. The van der Waals surface area contributed by atoms with E-state index in [-0.39, 0.29) is 6.61 Å². The van der Waals surface area contributed by atoms with Crippen LogP contribution in [0.5, 0.6) is 5.75 Å². The maximum Gasteiger partial charge on any atom is 0.183 e. The quantitative estimate of drug-likeness (QED) is 0.772. The van der Waals surface area contributed by atoms with Gasteiger partial charge in [0.05, 0.1) is 0 Å². The van der Waals surface area contributed by atoms with Gasteiger partial charge in [0.15, 0.2) is 11.5 Å². The fraction of sp³-hybridized carbons (Fsp3) is 0.350. The summed E-state index contributed by atoms with van der Waals surface area (Å²) in [7, 11) is 0. The molecule has 1 unspecified atom stereocenters. The van der Waals surface area contributed by atoms with Gasteiger partial charge in [-0.3, -0.25) is 4.90 Å². The lowest BCUT2D eigenvalue weighted by Gasteiger charge is -2.40. The molecule has 26 heavy (non-hydrogen) atoms. The summed E-state index contributed by atoms with van der Waals surface area (Å²) in [5.74, 6) is 4.01. The third-order valence-corrected chi connectivity index (χ3v) is 4.51. The summed E-state index contributed by atoms with van der Waals surface area (Å²) in [5, 5.41) is 9.25. The van der Waals surface area contributed by atoms with E-state index < -0.39 is 0 Å². The van der Waals surface area contributed by atoms with Crippen LogP contribution in [0.15, 0.2) is 36.7 Å². The minimum Gasteiger partial charge on any atom is -0.481 e. The standard InChI is InChI=1S/C20H21N5O/c1-3-12-26-19-7-5-4-6-17(19)15-24-10-11-25(14-16(24)2)20-18(13-21)22-8-9-23-20/h1,4-9,16H,10-12,14-15H2,2H3. The van der Waals surface area contributed by atoms with E-state index in [0.717, 1.165) is 37.5 Å². The Hall–Kier alpha value is -3.09. The van der Waals surface area contributed by atoms with Crippen molar-refractivity contribution in [2.24, 2.45) is 0 Å². The van der Waals surface area contributed by atoms with Crippen LogP contribution < -0.4 is 9.64 Å². The second-order valence-electron chi connectivity index (χ2n) is 6.21. The molecule has 2 aromatic rings. The van der Waals surface area contributed by atoms with E-state index in [1.165, 1.54) is 0 Å². The molecule has 1 aliphatic rings. The van der Waals surface area contributed by atoms with Crippen LogP contribution in [-0.4, -0.2) is 47.2 Å². The van der Waals surface area contributed by atoms with Crippen molar-refractivity contribution in [1.82, 2.24) is 14.9 Å². The van der Waals surface area contributed by atoms with Crippen LogP contribution >= 0.6 is 0 Å². The number of rotatable bonds is 5. The van der Waals surface area contributed by atoms with E-state index >= 15 is 0 Å². The molecule has 0 N–H and O–H groups in total. The predicted octanol–water partition coefficient (Wildman–Crippen LogP) is 2.07. The Bertz CT molecular complexity index is 839. The van der Waals surface area contributed by atoms with Gasteiger partial charge in [0.2, 0.25) is 0 Å². The van der Waals surface area contributed by atoms with Gasteiger partial charge in [-0.2, -0.15) is 5.26 Å². The Kier molecular flexibility index (Phi) is 5.68. The van der Waals surface area contributed by atoms with E-state index in [1.807, 2.05) is 18.2 Å². The van der Waals surface area contributed by atoms with Gasteiger partial charge in [0, 0.05) is 50.2 Å². The van der Waals surface area contributed by atoms with Crippen molar-refractivity contribution in [2.45, 2.75) is 19.5 Å². The molecular weight excluding hydrogens is 326 g/mol. The third kappa shape index (κ3) is 3.93. The van der Waals surface area contributed by atoms with Crippen LogP contribution in [0.2, 0.25) is 0 Å². The fourth-order valence-corrected chi connectivity index (χ4v) is 3.18. The largest absolute Gasteiger partial charge is 0.481 e. The topological polar surface area (TPSA) is 65.3 Å². The molecule has 1 atom stereocenters. The third-order valence-electron chi connectivity index (χ3n) is 4.51. The smallest absolute Gasteiger partial charge is 0.183 e. The second kappa shape index (κ2) is 8.33. The number of hydrogen-bond donors (Lipinski definition) is 0. The Labute approximate surface area is 154 Å². The van der Waals surface area contributed by atoms with Gasteiger partial charge < -0.3 is 9.64 Å². The van der Waals surface area contributed by atoms with Gasteiger partial charge in [0.1, 0.15) is 18.4 Å². The summed E-state index contributed by atoms with van der Waals surface area (Å²) < 4.78 is 5.66. The molecule has 2 heterocycles. The molecule has 0 bridgehead atoms. The van der Waals surface area contributed by atoms with Crippen molar-refractivity contribution < 1.29 is 4.74 Å². The number of nitriles is 1. The number of terminal acetylenes is 1. The molecule has 0 aliphatic carbocycles. The number of ether oxygens (including phenoxy) is 1. The summed E-state index contributed by atoms with van der Waals surface area (Å²) in [5.41, 5.74) is 1.50. The number of hydrogen-bond acceptors (Lipinski definition) is 6. The highest BCUT2D eigenvalue weighted by molar-refractivity contribution is 5.50. The summed E-state index contributed by atoms with van der Waals surface area (Å²) in [6.45, 7) is 5.70. The maximum absolute atomic E-state index is 9.25. The number of aromatic nitrogens is 2. The highest BCUT2D eigenvalue weighted by Gasteiger charge is 2.26. The lowest BCUT2D eigenvalue weighted by Crippen LogP contribution is -2.52. The van der Waals surface area contributed by atoms with Crippen molar-refractivity contribution in [3.8, 4) is 24.2 Å². The van der Waals surface area contributed by atoms with E-state index in [9.17, 15) is 5.26 Å². The van der Waals surface area contributed by atoms with Gasteiger partial charge in [0.25, 0.3) is 0 Å². The van der Waals surface area contributed by atoms with E-state index in [0.29, 0.717) is 17.6 Å². The van der Waals surface area contributed by atoms with Crippen LogP contribution in [0.25, 0.3) is 0 Å². The zero-order chi connectivity index (χ0) is 18.4. The van der Waals surface area contributed by atoms with Gasteiger partial charge in [-0.25, -0.2) is 9.97 Å². The van der Waals surface area contributed by atoms with Gasteiger partial charge >= 0.3 is 0 Å². The van der Waals surface area contributed by atoms with Crippen LogP contribution in [0.4, 0.5) is 5.82 Å². The molecule has 3 rings (SSSR count). The Morgan fingerprint density at radius 1 is 1.27 bits per heavy atom. The number of nitrogens with zero attached hydrogens (tertiary/aromatic N) is 5. The Balaban J connectivity index is 1.69. The summed E-state index contributed by atoms with van der Waals surface area (Å²) >= 11 is 0. The van der Waals surface area contributed by atoms with E-state index in [1.54, 1.807) is 12.4 Å². The first-order chi connectivity index (χ1) is 12.7. The zero-order valence-electron chi connectivity index (χ0n) is 14.8. The van der Waals surface area contributed by atoms with Gasteiger partial charge in [-0.1, -0.05) is 24.1 Å². The van der Waals surface area contributed by atoms with Crippen molar-refractivity contribution in [3.05, 3.63) is 47.9 Å². The zero-order valence-corrected chi connectivity index (χ0v) is 14.8. The molecule has 1 saturated heterocycles. The second-order valence-corrected chi connectivity index (χ2v) is 6.21. The predicted molar refractivity (Wildman–Crippen MR) is 99.6 cm³/mol. The molecule has 1 aromatic carbocycles. The molecular formula is C20H21N5O. The summed E-state index contributed by atoms with van der Waals surface area (Å²) in [4.78, 5) is 13.0. The summed E-state index contributed by atoms with van der Waals surface area (Å²) in [6, 6.07) is 10.4. The molecule has 0 spiro atoms. The molecule has 0 radical (unpaired) electrons. The van der Waals surface area contributed by atoms with Gasteiger partial charge in [-0.15, -0.1) is 6.42 Å². The molecule has 1 fully saturated rings. The first-order valence-corrected chi connectivity index (χ1v) is 8.57. The lowest BCUT2D eigenvalue weighted by molar-refractivity contribution is 0.178. The van der Waals surface area contributed by atoms with E-state index in [2.05, 4.69) is 44.7 Å². The Morgan fingerprint density at radius 2 is 2.08 bits per heavy atom. The minimum absolute atomic E-state index is 0.268. The van der Waals surface area contributed by atoms with Crippen LogP contribution in [0, 0.1) is 23.7 Å². The van der Waals surface area contributed by atoms with Gasteiger partial charge in [-0.05, 0) is 13.0 Å². The van der Waals surface area contributed by atoms with Crippen LogP contribution in [0.3, 0.4) is 0 Å². The van der Waals surface area contributed by atoms with Crippen LogP contribution in [-0.2, 0) is 6.54 Å². The molecule has 0 saturated carbocycles. The van der Waals surface area contributed by atoms with Crippen molar-refractivity contribution in [1.29, 1.82) is 5.26 Å². The number of anilines is 1. The molecule has 132 valence electrons. The Morgan fingerprint density at radius 3 is 2.85 bits per heavy atom. The number of para-hydroxylation sites is 1. The first kappa shape index (κ1) is 17.7. The van der Waals surface area contributed by atoms with Crippen molar-refractivity contribution in [2.75, 3.05) is 31.1 Å². The maximum atomic E-state index is 9.25. The normalized spacial score (nSPS) is 17.3. The summed E-state index contributed by atoms with van der Waals surface area (Å²) in [6.07, 6.45) is 8.48. The lowest BCUT2D eigenvalue weighted by atomic mass is 10.1. The highest BCUT2D eigenvalue weighted by Crippen LogP contribution is 2.24. The first-order valence-electron chi connectivity index (χ1n) is 8.57. The molecule has 1 aromatic heterocycles. The SMILES string of the molecule is C#CCOc1ccccc1CN1CCN(c2nccnc2C#N)CC1C. The minimum atomic E-state index is 0.268. The molecule has 0 amide bonds.